The molecule has 0 atom stereocenters. The molecule has 0 unspecified atom stereocenters. The number of ether oxygens (including phenoxy) is 1. The SMILES string of the molecule is C#CCCC(=O)N(CC(=O)OCC)C1CC1. The molecule has 0 radical (unpaired) electrons. The Labute approximate surface area is 95.9 Å². The summed E-state index contributed by atoms with van der Waals surface area (Å²) in [6, 6.07) is 0.217. The third-order valence-corrected chi connectivity index (χ3v) is 2.40. The van der Waals surface area contributed by atoms with Crippen molar-refractivity contribution in [3.63, 3.8) is 0 Å². The summed E-state index contributed by atoms with van der Waals surface area (Å²) in [6.45, 7) is 2.15. The average molecular weight is 223 g/mol. The fraction of sp³-hybridized carbons (Fsp3) is 0.667. The Morgan fingerprint density at radius 2 is 2.19 bits per heavy atom. The monoisotopic (exact) mass is 223 g/mol. The summed E-state index contributed by atoms with van der Waals surface area (Å²) in [7, 11) is 0. The molecule has 1 aliphatic rings. The summed E-state index contributed by atoms with van der Waals surface area (Å²) < 4.78 is 4.83. The first-order chi connectivity index (χ1) is 7.69. The van der Waals surface area contributed by atoms with Gasteiger partial charge in [-0.05, 0) is 19.8 Å². The van der Waals surface area contributed by atoms with Gasteiger partial charge in [-0.2, -0.15) is 0 Å². The van der Waals surface area contributed by atoms with Gasteiger partial charge in [0.1, 0.15) is 6.54 Å². The number of rotatable bonds is 6. The van der Waals surface area contributed by atoms with Crippen molar-refractivity contribution in [3.05, 3.63) is 0 Å². The van der Waals surface area contributed by atoms with E-state index in [1.54, 1.807) is 11.8 Å². The van der Waals surface area contributed by atoms with E-state index in [-0.39, 0.29) is 24.5 Å². The van der Waals surface area contributed by atoms with E-state index in [1.807, 2.05) is 0 Å². The zero-order chi connectivity index (χ0) is 12.0. The number of nitrogens with zero attached hydrogens (tertiary/aromatic N) is 1. The maximum atomic E-state index is 11.7. The minimum absolute atomic E-state index is 0.0477. The van der Waals surface area contributed by atoms with E-state index in [0.717, 1.165) is 12.8 Å². The summed E-state index contributed by atoms with van der Waals surface area (Å²) in [4.78, 5) is 24.6. The second kappa shape index (κ2) is 6.16. The molecule has 0 aromatic heterocycles. The molecule has 0 aromatic carbocycles. The number of carbonyl (C=O) groups is 2. The molecule has 0 aliphatic heterocycles. The Morgan fingerprint density at radius 3 is 2.69 bits per heavy atom. The normalized spacial score (nSPS) is 14.0. The van der Waals surface area contributed by atoms with Crippen molar-refractivity contribution in [1.82, 2.24) is 4.90 Å². The van der Waals surface area contributed by atoms with Gasteiger partial charge >= 0.3 is 5.97 Å². The van der Waals surface area contributed by atoms with Crippen LogP contribution < -0.4 is 0 Å². The van der Waals surface area contributed by atoms with Crippen LogP contribution >= 0.6 is 0 Å². The highest BCUT2D eigenvalue weighted by Gasteiger charge is 2.33. The van der Waals surface area contributed by atoms with Gasteiger partial charge in [-0.1, -0.05) is 0 Å². The van der Waals surface area contributed by atoms with Crippen LogP contribution in [0.3, 0.4) is 0 Å². The fourth-order valence-corrected chi connectivity index (χ4v) is 1.48. The molecule has 0 saturated heterocycles. The topological polar surface area (TPSA) is 46.6 Å². The number of amides is 1. The lowest BCUT2D eigenvalue weighted by Crippen LogP contribution is -2.38. The summed E-state index contributed by atoms with van der Waals surface area (Å²) >= 11 is 0. The van der Waals surface area contributed by atoms with Crippen LogP contribution in [0.15, 0.2) is 0 Å². The van der Waals surface area contributed by atoms with Gasteiger partial charge in [0, 0.05) is 18.9 Å². The van der Waals surface area contributed by atoms with E-state index in [2.05, 4.69) is 5.92 Å². The lowest BCUT2D eigenvalue weighted by Gasteiger charge is -2.20. The van der Waals surface area contributed by atoms with Crippen LogP contribution in [0.1, 0.15) is 32.6 Å². The van der Waals surface area contributed by atoms with Crippen molar-refractivity contribution in [1.29, 1.82) is 0 Å². The van der Waals surface area contributed by atoms with Gasteiger partial charge in [-0.15, -0.1) is 12.3 Å². The molecular weight excluding hydrogens is 206 g/mol. The van der Waals surface area contributed by atoms with Crippen LogP contribution in [0.4, 0.5) is 0 Å². The van der Waals surface area contributed by atoms with E-state index in [1.165, 1.54) is 0 Å². The molecule has 1 rings (SSSR count). The molecule has 4 nitrogen and oxygen atoms in total. The second-order valence-corrected chi connectivity index (χ2v) is 3.76. The summed E-state index contributed by atoms with van der Waals surface area (Å²) in [5, 5.41) is 0. The Kier molecular flexibility index (Phi) is 4.84. The van der Waals surface area contributed by atoms with Crippen molar-refractivity contribution < 1.29 is 14.3 Å². The molecular formula is C12H17NO3. The van der Waals surface area contributed by atoms with Gasteiger partial charge in [-0.25, -0.2) is 0 Å². The minimum Gasteiger partial charge on any atom is -0.465 e. The highest BCUT2D eigenvalue weighted by molar-refractivity contribution is 5.82. The van der Waals surface area contributed by atoms with Gasteiger partial charge < -0.3 is 9.64 Å². The number of hydrogen-bond donors (Lipinski definition) is 0. The molecule has 0 spiro atoms. The maximum absolute atomic E-state index is 11.7. The summed E-state index contributed by atoms with van der Waals surface area (Å²) in [5.74, 6) is 2.04. The van der Waals surface area contributed by atoms with Crippen molar-refractivity contribution >= 4 is 11.9 Å². The van der Waals surface area contributed by atoms with Gasteiger partial charge in [0.05, 0.1) is 6.61 Å². The Hall–Kier alpha value is -1.50. The first-order valence-electron chi connectivity index (χ1n) is 5.57. The molecule has 88 valence electrons. The van der Waals surface area contributed by atoms with Crippen molar-refractivity contribution in [2.75, 3.05) is 13.2 Å². The molecule has 16 heavy (non-hydrogen) atoms. The van der Waals surface area contributed by atoms with E-state index < -0.39 is 0 Å². The van der Waals surface area contributed by atoms with E-state index >= 15 is 0 Å². The average Bonchev–Trinajstić information content (AvgIpc) is 3.06. The zero-order valence-corrected chi connectivity index (χ0v) is 9.57. The van der Waals surface area contributed by atoms with Crippen molar-refractivity contribution in [3.8, 4) is 12.3 Å². The Balaban J connectivity index is 2.44. The predicted molar refractivity (Wildman–Crippen MR) is 59.4 cm³/mol. The van der Waals surface area contributed by atoms with Crippen LogP contribution in [-0.4, -0.2) is 36.0 Å². The van der Waals surface area contributed by atoms with Crippen LogP contribution in [0, 0.1) is 12.3 Å². The van der Waals surface area contributed by atoms with E-state index in [9.17, 15) is 9.59 Å². The Bertz CT molecular complexity index is 302. The molecule has 4 heteroatoms. The lowest BCUT2D eigenvalue weighted by atomic mass is 10.2. The van der Waals surface area contributed by atoms with Crippen LogP contribution in [0.2, 0.25) is 0 Å². The summed E-state index contributed by atoms with van der Waals surface area (Å²) in [5.41, 5.74) is 0. The highest BCUT2D eigenvalue weighted by Crippen LogP contribution is 2.27. The first kappa shape index (κ1) is 12.6. The molecule has 0 N–H and O–H groups in total. The van der Waals surface area contributed by atoms with Crippen molar-refractivity contribution in [2.45, 2.75) is 38.6 Å². The van der Waals surface area contributed by atoms with E-state index in [4.69, 9.17) is 11.2 Å². The fourth-order valence-electron chi connectivity index (χ4n) is 1.48. The molecule has 0 aromatic rings. The molecule has 0 bridgehead atoms. The molecule has 0 heterocycles. The van der Waals surface area contributed by atoms with Crippen molar-refractivity contribution in [2.24, 2.45) is 0 Å². The quantitative estimate of drug-likeness (QED) is 0.497. The standard InChI is InChI=1S/C12H17NO3/c1-3-5-6-11(14)13(10-7-8-10)9-12(15)16-4-2/h1,10H,4-9H2,2H3. The van der Waals surface area contributed by atoms with Gasteiger partial charge in [0.2, 0.25) is 5.91 Å². The van der Waals surface area contributed by atoms with Crippen LogP contribution in [0.5, 0.6) is 0 Å². The smallest absolute Gasteiger partial charge is 0.325 e. The number of carbonyl (C=O) groups excluding carboxylic acids is 2. The lowest BCUT2D eigenvalue weighted by molar-refractivity contribution is -0.149. The molecule has 1 amide bonds. The third kappa shape index (κ3) is 3.93. The highest BCUT2D eigenvalue weighted by atomic mass is 16.5. The molecule has 1 saturated carbocycles. The van der Waals surface area contributed by atoms with Gasteiger partial charge in [-0.3, -0.25) is 9.59 Å². The van der Waals surface area contributed by atoms with Gasteiger partial charge in [0.25, 0.3) is 0 Å². The van der Waals surface area contributed by atoms with Gasteiger partial charge in [0.15, 0.2) is 0 Å². The molecule has 1 aliphatic carbocycles. The third-order valence-electron chi connectivity index (χ3n) is 2.40. The summed E-state index contributed by atoms with van der Waals surface area (Å²) in [6.07, 6.45) is 7.79. The first-order valence-corrected chi connectivity index (χ1v) is 5.57. The van der Waals surface area contributed by atoms with E-state index in [0.29, 0.717) is 19.4 Å². The zero-order valence-electron chi connectivity index (χ0n) is 9.57. The number of hydrogen-bond acceptors (Lipinski definition) is 3. The largest absolute Gasteiger partial charge is 0.465 e. The predicted octanol–water partition coefficient (Wildman–Crippen LogP) is 0.954. The van der Waals surface area contributed by atoms with Crippen LogP contribution in [-0.2, 0) is 14.3 Å². The number of esters is 1. The number of terminal acetylenes is 1. The second-order valence-electron chi connectivity index (χ2n) is 3.76. The van der Waals surface area contributed by atoms with Crippen LogP contribution in [0.25, 0.3) is 0 Å². The maximum Gasteiger partial charge on any atom is 0.325 e. The molecule has 1 fully saturated rings. The minimum atomic E-state index is -0.344. The Morgan fingerprint density at radius 1 is 1.50 bits per heavy atom.